The van der Waals surface area contributed by atoms with Gasteiger partial charge in [-0.15, -0.1) is 10.2 Å². The smallest absolute Gasteiger partial charge is 0.270 e. The van der Waals surface area contributed by atoms with Crippen molar-refractivity contribution in [3.05, 3.63) is 82.1 Å². The molecule has 7 nitrogen and oxygen atoms in total. The maximum atomic E-state index is 12.7. The molecule has 1 aliphatic carbocycles. The van der Waals surface area contributed by atoms with Gasteiger partial charge in [0.25, 0.3) is 11.8 Å². The predicted octanol–water partition coefficient (Wildman–Crippen LogP) is 5.96. The first-order chi connectivity index (χ1) is 16.5. The summed E-state index contributed by atoms with van der Waals surface area (Å²) in [5.41, 5.74) is 1.15. The number of rotatable bonds is 6. The van der Waals surface area contributed by atoms with Gasteiger partial charge in [-0.3, -0.25) is 4.79 Å². The molecule has 9 heteroatoms. The summed E-state index contributed by atoms with van der Waals surface area (Å²) in [4.78, 5) is 17.2. The standard InChI is InChI=1S/C25H22Cl2N4O3/c26-17-4-9-20(10-5-17)33-14-23-30-31-25(34-23)15-1-7-19(8-2-15)28-24(32)22-11-3-16-13-18(27)6-12-21(16)29-22/h3-6,9-13,15,19H,1-2,7-8,14H2,(H,28,32). The Kier molecular flexibility index (Phi) is 6.65. The summed E-state index contributed by atoms with van der Waals surface area (Å²) in [5.74, 6) is 1.75. The van der Waals surface area contributed by atoms with Gasteiger partial charge in [-0.2, -0.15) is 0 Å². The number of hydrogen-bond acceptors (Lipinski definition) is 6. The number of nitrogens with zero attached hydrogens (tertiary/aromatic N) is 3. The summed E-state index contributed by atoms with van der Waals surface area (Å²) in [7, 11) is 0. The van der Waals surface area contributed by atoms with Crippen molar-refractivity contribution < 1.29 is 13.9 Å². The molecule has 34 heavy (non-hydrogen) atoms. The maximum Gasteiger partial charge on any atom is 0.270 e. The molecule has 0 bridgehead atoms. The van der Waals surface area contributed by atoms with Gasteiger partial charge >= 0.3 is 0 Å². The molecule has 1 fully saturated rings. The largest absolute Gasteiger partial charge is 0.484 e. The summed E-state index contributed by atoms with van der Waals surface area (Å²) < 4.78 is 11.5. The van der Waals surface area contributed by atoms with Gasteiger partial charge in [0.2, 0.25) is 5.89 Å². The molecule has 5 rings (SSSR count). The Balaban J connectivity index is 1.13. The van der Waals surface area contributed by atoms with Crippen molar-refractivity contribution in [1.29, 1.82) is 0 Å². The first-order valence-electron chi connectivity index (χ1n) is 11.1. The number of aromatic nitrogens is 3. The minimum atomic E-state index is -0.167. The van der Waals surface area contributed by atoms with Crippen molar-refractivity contribution in [3.63, 3.8) is 0 Å². The molecule has 0 unspecified atom stereocenters. The summed E-state index contributed by atoms with van der Waals surface area (Å²) >= 11 is 11.9. The molecule has 174 valence electrons. The fourth-order valence-corrected chi connectivity index (χ4v) is 4.44. The summed E-state index contributed by atoms with van der Waals surface area (Å²) in [6.45, 7) is 0.199. The lowest BCUT2D eigenvalue weighted by atomic mass is 9.86. The van der Waals surface area contributed by atoms with Crippen LogP contribution in [0.5, 0.6) is 5.75 Å². The number of benzene rings is 2. The number of hydrogen-bond donors (Lipinski definition) is 1. The Bertz CT molecular complexity index is 1300. The highest BCUT2D eigenvalue weighted by Crippen LogP contribution is 2.32. The number of carbonyl (C=O) groups is 1. The van der Waals surface area contributed by atoms with Crippen LogP contribution in [-0.2, 0) is 6.61 Å². The molecule has 4 aromatic rings. The Morgan fingerprint density at radius 1 is 0.971 bits per heavy atom. The highest BCUT2D eigenvalue weighted by atomic mass is 35.5. The van der Waals surface area contributed by atoms with Gasteiger partial charge in [-0.05, 0) is 74.2 Å². The highest BCUT2D eigenvalue weighted by molar-refractivity contribution is 6.31. The topological polar surface area (TPSA) is 90.1 Å². The van der Waals surface area contributed by atoms with Crippen LogP contribution >= 0.6 is 23.2 Å². The Morgan fingerprint density at radius 2 is 1.74 bits per heavy atom. The molecule has 0 radical (unpaired) electrons. The second kappa shape index (κ2) is 9.99. The molecule has 0 spiro atoms. The number of amides is 1. The van der Waals surface area contributed by atoms with Crippen molar-refractivity contribution in [1.82, 2.24) is 20.5 Å². The van der Waals surface area contributed by atoms with E-state index in [1.807, 2.05) is 18.2 Å². The van der Waals surface area contributed by atoms with Gasteiger partial charge in [0, 0.05) is 27.4 Å². The van der Waals surface area contributed by atoms with Gasteiger partial charge in [-0.25, -0.2) is 4.98 Å². The fourth-order valence-electron chi connectivity index (χ4n) is 4.13. The zero-order valence-electron chi connectivity index (χ0n) is 18.2. The number of halogens is 2. The van der Waals surface area contributed by atoms with Gasteiger partial charge in [-0.1, -0.05) is 29.3 Å². The second-order valence-electron chi connectivity index (χ2n) is 8.33. The number of carbonyl (C=O) groups excluding carboxylic acids is 1. The van der Waals surface area contributed by atoms with Gasteiger partial charge < -0.3 is 14.5 Å². The minimum absolute atomic E-state index is 0.0853. The van der Waals surface area contributed by atoms with Gasteiger partial charge in [0.05, 0.1) is 5.52 Å². The van der Waals surface area contributed by atoms with E-state index in [1.165, 1.54) is 0 Å². The van der Waals surface area contributed by atoms with Crippen LogP contribution in [0, 0.1) is 0 Å². The summed E-state index contributed by atoms with van der Waals surface area (Å²) in [6, 6.07) is 16.2. The zero-order valence-corrected chi connectivity index (χ0v) is 19.7. The van der Waals surface area contributed by atoms with Crippen LogP contribution in [0.1, 0.15) is 53.9 Å². The number of nitrogens with one attached hydrogen (secondary N) is 1. The SMILES string of the molecule is O=C(NC1CCC(c2nnc(COc3ccc(Cl)cc3)o2)CC1)c1ccc2cc(Cl)ccc2n1. The third-order valence-corrected chi connectivity index (χ3v) is 6.44. The van der Waals surface area contributed by atoms with Crippen LogP contribution in [0.4, 0.5) is 0 Å². The fraction of sp³-hybridized carbons (Fsp3) is 0.280. The number of ether oxygens (including phenoxy) is 1. The van der Waals surface area contributed by atoms with E-state index in [-0.39, 0.29) is 24.5 Å². The van der Waals surface area contributed by atoms with Crippen LogP contribution in [0.3, 0.4) is 0 Å². The average molecular weight is 497 g/mol. The predicted molar refractivity (Wildman–Crippen MR) is 129 cm³/mol. The normalized spacial score (nSPS) is 18.1. The van der Waals surface area contributed by atoms with E-state index in [4.69, 9.17) is 32.4 Å². The molecule has 2 heterocycles. The van der Waals surface area contributed by atoms with Crippen LogP contribution in [-0.4, -0.2) is 27.1 Å². The molecule has 2 aromatic heterocycles. The molecule has 1 aliphatic rings. The molecule has 1 saturated carbocycles. The van der Waals surface area contributed by atoms with E-state index in [2.05, 4.69) is 20.5 Å². The maximum absolute atomic E-state index is 12.7. The van der Waals surface area contributed by atoms with E-state index in [0.29, 0.717) is 33.3 Å². The molecule has 0 atom stereocenters. The van der Waals surface area contributed by atoms with Crippen LogP contribution in [0.15, 0.2) is 59.0 Å². The Labute approximate surface area is 206 Å². The van der Waals surface area contributed by atoms with Crippen LogP contribution in [0.2, 0.25) is 10.0 Å². The zero-order chi connectivity index (χ0) is 23.5. The van der Waals surface area contributed by atoms with Crippen molar-refractivity contribution in [2.24, 2.45) is 0 Å². The molecule has 0 saturated heterocycles. The van der Waals surface area contributed by atoms with Gasteiger partial charge in [0.15, 0.2) is 6.61 Å². The number of pyridine rings is 1. The monoisotopic (exact) mass is 496 g/mol. The van der Waals surface area contributed by atoms with Crippen molar-refractivity contribution in [2.45, 2.75) is 44.2 Å². The molecular weight excluding hydrogens is 475 g/mol. The lowest BCUT2D eigenvalue weighted by molar-refractivity contribution is 0.0920. The van der Waals surface area contributed by atoms with E-state index in [1.54, 1.807) is 36.4 Å². The van der Waals surface area contributed by atoms with Crippen molar-refractivity contribution >= 4 is 40.0 Å². The van der Waals surface area contributed by atoms with E-state index in [0.717, 1.165) is 36.6 Å². The highest BCUT2D eigenvalue weighted by Gasteiger charge is 2.27. The summed E-state index contributed by atoms with van der Waals surface area (Å²) in [6.07, 6.45) is 3.37. The Hall–Kier alpha value is -3.16. The first-order valence-corrected chi connectivity index (χ1v) is 11.9. The molecule has 1 N–H and O–H groups in total. The van der Waals surface area contributed by atoms with Crippen LogP contribution < -0.4 is 10.1 Å². The number of fused-ring (bicyclic) bond motifs is 1. The van der Waals surface area contributed by atoms with Crippen molar-refractivity contribution in [2.75, 3.05) is 0 Å². The molecule has 1 amide bonds. The van der Waals surface area contributed by atoms with Crippen molar-refractivity contribution in [3.8, 4) is 5.75 Å². The molecule has 0 aliphatic heterocycles. The third-order valence-electron chi connectivity index (χ3n) is 5.95. The van der Waals surface area contributed by atoms with E-state index < -0.39 is 0 Å². The Morgan fingerprint density at radius 3 is 2.53 bits per heavy atom. The molecular formula is C25H22Cl2N4O3. The van der Waals surface area contributed by atoms with E-state index in [9.17, 15) is 4.79 Å². The van der Waals surface area contributed by atoms with E-state index >= 15 is 0 Å². The average Bonchev–Trinajstić information content (AvgIpc) is 3.33. The lowest BCUT2D eigenvalue weighted by Gasteiger charge is -2.27. The second-order valence-corrected chi connectivity index (χ2v) is 9.21. The van der Waals surface area contributed by atoms with Gasteiger partial charge in [0.1, 0.15) is 11.4 Å². The minimum Gasteiger partial charge on any atom is -0.484 e. The first kappa shape index (κ1) is 22.6. The van der Waals surface area contributed by atoms with Crippen LogP contribution in [0.25, 0.3) is 10.9 Å². The molecule has 2 aromatic carbocycles. The summed E-state index contributed by atoms with van der Waals surface area (Å²) in [5, 5.41) is 13.6. The quantitative estimate of drug-likeness (QED) is 0.354. The lowest BCUT2D eigenvalue weighted by Crippen LogP contribution is -2.37. The third kappa shape index (κ3) is 5.32.